The summed E-state index contributed by atoms with van der Waals surface area (Å²) in [6, 6.07) is 5.55. The second kappa shape index (κ2) is 6.43. The molecule has 0 unspecified atom stereocenters. The third-order valence-electron chi connectivity index (χ3n) is 3.71. The van der Waals surface area contributed by atoms with Gasteiger partial charge in [0.15, 0.2) is 0 Å². The van der Waals surface area contributed by atoms with Crippen LogP contribution in [0.2, 0.25) is 0 Å². The number of nitrogens with one attached hydrogen (secondary N) is 1. The van der Waals surface area contributed by atoms with Gasteiger partial charge in [-0.1, -0.05) is 0 Å². The minimum atomic E-state index is -0.127. The molecule has 2 aromatic heterocycles. The van der Waals surface area contributed by atoms with Crippen molar-refractivity contribution in [2.45, 2.75) is 25.8 Å². The third kappa shape index (κ3) is 3.42. The molecule has 2 aromatic rings. The van der Waals surface area contributed by atoms with E-state index in [9.17, 15) is 4.79 Å². The highest BCUT2D eigenvalue weighted by molar-refractivity contribution is 5.94. The summed E-state index contributed by atoms with van der Waals surface area (Å²) in [5.41, 5.74) is 1.62. The van der Waals surface area contributed by atoms with Gasteiger partial charge in [0.1, 0.15) is 5.76 Å². The molecule has 0 aromatic carbocycles. The largest absolute Gasteiger partial charge is 0.467 e. The molecule has 0 radical (unpaired) electrons. The fourth-order valence-electron chi connectivity index (χ4n) is 2.56. The molecule has 0 saturated carbocycles. The summed E-state index contributed by atoms with van der Waals surface area (Å²) >= 11 is 0. The van der Waals surface area contributed by atoms with Crippen LogP contribution in [0, 0.1) is 0 Å². The van der Waals surface area contributed by atoms with Crippen molar-refractivity contribution in [1.29, 1.82) is 0 Å². The van der Waals surface area contributed by atoms with Gasteiger partial charge in [-0.05, 0) is 37.5 Å². The van der Waals surface area contributed by atoms with Gasteiger partial charge in [-0.2, -0.15) is 0 Å². The molecule has 1 N–H and O–H groups in total. The van der Waals surface area contributed by atoms with E-state index in [2.05, 4.69) is 15.2 Å². The number of carbonyl (C=O) groups excluding carboxylic acids is 1. The molecule has 1 saturated heterocycles. The van der Waals surface area contributed by atoms with Crippen molar-refractivity contribution in [2.24, 2.45) is 0 Å². The van der Waals surface area contributed by atoms with Gasteiger partial charge in [0.25, 0.3) is 5.91 Å². The number of furan rings is 1. The number of piperidine rings is 1. The van der Waals surface area contributed by atoms with Crippen molar-refractivity contribution in [2.75, 3.05) is 18.0 Å². The first-order valence-corrected chi connectivity index (χ1v) is 7.33. The predicted octanol–water partition coefficient (Wildman–Crippen LogP) is 2.59. The van der Waals surface area contributed by atoms with Crippen LogP contribution in [-0.4, -0.2) is 24.0 Å². The highest BCUT2D eigenvalue weighted by Gasteiger charge is 2.13. The molecule has 5 nitrogen and oxygen atoms in total. The summed E-state index contributed by atoms with van der Waals surface area (Å²) in [4.78, 5) is 18.7. The number of anilines is 1. The Morgan fingerprint density at radius 1 is 1.29 bits per heavy atom. The Kier molecular flexibility index (Phi) is 4.19. The van der Waals surface area contributed by atoms with Crippen molar-refractivity contribution in [1.82, 2.24) is 10.3 Å². The van der Waals surface area contributed by atoms with E-state index in [4.69, 9.17) is 4.42 Å². The van der Waals surface area contributed by atoms with Gasteiger partial charge in [-0.15, -0.1) is 0 Å². The third-order valence-corrected chi connectivity index (χ3v) is 3.71. The lowest BCUT2D eigenvalue weighted by Gasteiger charge is -2.28. The Balaban J connectivity index is 1.65. The highest BCUT2D eigenvalue weighted by atomic mass is 16.3. The Labute approximate surface area is 124 Å². The van der Waals surface area contributed by atoms with E-state index >= 15 is 0 Å². The second-order valence-corrected chi connectivity index (χ2v) is 5.24. The van der Waals surface area contributed by atoms with E-state index in [1.807, 2.05) is 18.3 Å². The Morgan fingerprint density at radius 2 is 2.14 bits per heavy atom. The van der Waals surface area contributed by atoms with Crippen LogP contribution in [0.3, 0.4) is 0 Å². The molecule has 1 aliphatic heterocycles. The minimum absolute atomic E-state index is 0.127. The molecule has 0 aliphatic carbocycles. The molecule has 5 heteroatoms. The zero-order chi connectivity index (χ0) is 14.5. The Bertz CT molecular complexity index is 589. The van der Waals surface area contributed by atoms with Gasteiger partial charge in [0.2, 0.25) is 0 Å². The minimum Gasteiger partial charge on any atom is -0.467 e. The van der Waals surface area contributed by atoms with E-state index in [1.165, 1.54) is 19.3 Å². The van der Waals surface area contributed by atoms with Gasteiger partial charge in [-0.25, -0.2) is 0 Å². The summed E-state index contributed by atoms with van der Waals surface area (Å²) in [6.45, 7) is 2.47. The van der Waals surface area contributed by atoms with Crippen LogP contribution in [0.1, 0.15) is 35.4 Å². The van der Waals surface area contributed by atoms with Crippen molar-refractivity contribution >= 4 is 11.6 Å². The molecule has 3 rings (SSSR count). The van der Waals surface area contributed by atoms with Gasteiger partial charge < -0.3 is 14.6 Å². The number of rotatable bonds is 4. The Hall–Kier alpha value is -2.30. The molecular weight excluding hydrogens is 266 g/mol. The smallest absolute Gasteiger partial charge is 0.253 e. The quantitative estimate of drug-likeness (QED) is 0.938. The van der Waals surface area contributed by atoms with Crippen LogP contribution < -0.4 is 10.2 Å². The van der Waals surface area contributed by atoms with Crippen molar-refractivity contribution in [3.8, 4) is 0 Å². The van der Waals surface area contributed by atoms with E-state index in [1.54, 1.807) is 18.5 Å². The molecule has 21 heavy (non-hydrogen) atoms. The maximum absolute atomic E-state index is 12.2. The summed E-state index contributed by atoms with van der Waals surface area (Å²) < 4.78 is 5.20. The molecule has 1 amide bonds. The fourth-order valence-corrected chi connectivity index (χ4v) is 2.56. The molecule has 1 fully saturated rings. The van der Waals surface area contributed by atoms with Crippen molar-refractivity contribution in [3.05, 3.63) is 48.2 Å². The molecule has 0 atom stereocenters. The van der Waals surface area contributed by atoms with Crippen LogP contribution in [0.25, 0.3) is 0 Å². The number of nitrogens with zero attached hydrogens (tertiary/aromatic N) is 2. The van der Waals surface area contributed by atoms with Gasteiger partial charge in [-0.3, -0.25) is 9.78 Å². The average Bonchev–Trinajstić information content (AvgIpc) is 3.07. The topological polar surface area (TPSA) is 58.4 Å². The zero-order valence-electron chi connectivity index (χ0n) is 11.9. The number of hydrogen-bond donors (Lipinski definition) is 1. The average molecular weight is 285 g/mol. The summed E-state index contributed by atoms with van der Waals surface area (Å²) in [7, 11) is 0. The van der Waals surface area contributed by atoms with E-state index in [0.29, 0.717) is 12.1 Å². The zero-order valence-corrected chi connectivity index (χ0v) is 11.9. The lowest BCUT2D eigenvalue weighted by molar-refractivity contribution is 0.0947. The summed E-state index contributed by atoms with van der Waals surface area (Å²) in [6.07, 6.45) is 8.72. The molecule has 1 aliphatic rings. The van der Waals surface area contributed by atoms with Crippen LogP contribution >= 0.6 is 0 Å². The molecule has 3 heterocycles. The Morgan fingerprint density at radius 3 is 2.90 bits per heavy atom. The number of amides is 1. The van der Waals surface area contributed by atoms with Crippen LogP contribution in [-0.2, 0) is 6.54 Å². The van der Waals surface area contributed by atoms with Gasteiger partial charge >= 0.3 is 0 Å². The number of hydrogen-bond acceptors (Lipinski definition) is 4. The van der Waals surface area contributed by atoms with Crippen LogP contribution in [0.5, 0.6) is 0 Å². The molecule has 0 spiro atoms. The van der Waals surface area contributed by atoms with Crippen LogP contribution in [0.4, 0.5) is 5.69 Å². The van der Waals surface area contributed by atoms with E-state index in [-0.39, 0.29) is 5.91 Å². The summed E-state index contributed by atoms with van der Waals surface area (Å²) in [5.74, 6) is 0.612. The summed E-state index contributed by atoms with van der Waals surface area (Å²) in [5, 5.41) is 2.84. The van der Waals surface area contributed by atoms with E-state index in [0.717, 1.165) is 24.5 Å². The molecule has 0 bridgehead atoms. The number of pyridine rings is 1. The monoisotopic (exact) mass is 285 g/mol. The SMILES string of the molecule is O=C(NCc1ccco1)c1cncc(N2CCCCC2)c1. The van der Waals surface area contributed by atoms with Crippen molar-refractivity contribution in [3.63, 3.8) is 0 Å². The number of carbonyl (C=O) groups is 1. The standard InChI is InChI=1S/C16H19N3O2/c20-16(18-12-15-5-4-8-21-15)13-9-14(11-17-10-13)19-6-2-1-3-7-19/h4-5,8-11H,1-3,6-7,12H2,(H,18,20). The number of aromatic nitrogens is 1. The maximum Gasteiger partial charge on any atom is 0.253 e. The molecular formula is C16H19N3O2. The lowest BCUT2D eigenvalue weighted by atomic mass is 10.1. The normalized spacial score (nSPS) is 15.0. The van der Waals surface area contributed by atoms with Gasteiger partial charge in [0.05, 0.1) is 30.3 Å². The highest BCUT2D eigenvalue weighted by Crippen LogP contribution is 2.19. The maximum atomic E-state index is 12.2. The van der Waals surface area contributed by atoms with Crippen molar-refractivity contribution < 1.29 is 9.21 Å². The first-order valence-electron chi connectivity index (χ1n) is 7.33. The lowest BCUT2D eigenvalue weighted by Crippen LogP contribution is -2.30. The van der Waals surface area contributed by atoms with Crippen LogP contribution in [0.15, 0.2) is 41.3 Å². The first kappa shape index (κ1) is 13.7. The van der Waals surface area contributed by atoms with Gasteiger partial charge in [0, 0.05) is 19.3 Å². The second-order valence-electron chi connectivity index (χ2n) is 5.24. The first-order chi connectivity index (χ1) is 10.3. The van der Waals surface area contributed by atoms with E-state index < -0.39 is 0 Å². The molecule has 110 valence electrons. The fraction of sp³-hybridized carbons (Fsp3) is 0.375. The predicted molar refractivity (Wildman–Crippen MR) is 80.2 cm³/mol.